The molecule has 2 aromatic heterocycles. The maximum atomic E-state index is 12.9. The minimum atomic E-state index is -0.105. The molecule has 1 aliphatic rings. The number of aromatic nitrogens is 2. The lowest BCUT2D eigenvalue weighted by Gasteiger charge is -2.14. The molecule has 0 radical (unpaired) electrons. The zero-order valence-electron chi connectivity index (χ0n) is 14.4. The number of hydrogen-bond acceptors (Lipinski definition) is 6. The van der Waals surface area contributed by atoms with Crippen LogP contribution < -0.4 is 4.74 Å². The molecular weight excluding hydrogens is 322 g/mol. The summed E-state index contributed by atoms with van der Waals surface area (Å²) in [5, 5.41) is 4.75. The van der Waals surface area contributed by atoms with Gasteiger partial charge in [0.15, 0.2) is 11.6 Å². The smallest absolute Gasteiger partial charge is 0.289 e. The standard InChI is InChI=1S/C18H19N3O4/c1-10-14-5-4-13(23-3)8-15(14)24-16(10)18(22)21-7-6-12(9-21)17-19-11(2)20-25-17/h4-5,8,12H,6-7,9H2,1-3H3/t12-/m1/s1. The maximum Gasteiger partial charge on any atom is 0.289 e. The van der Waals surface area contributed by atoms with Gasteiger partial charge in [0.25, 0.3) is 5.91 Å². The van der Waals surface area contributed by atoms with Gasteiger partial charge in [-0.15, -0.1) is 0 Å². The number of carbonyl (C=O) groups is 1. The van der Waals surface area contributed by atoms with E-state index >= 15 is 0 Å². The van der Waals surface area contributed by atoms with E-state index in [2.05, 4.69) is 10.1 Å². The van der Waals surface area contributed by atoms with Crippen LogP contribution in [-0.2, 0) is 0 Å². The van der Waals surface area contributed by atoms with Gasteiger partial charge in [0, 0.05) is 30.1 Å². The molecule has 130 valence electrons. The van der Waals surface area contributed by atoms with Crippen molar-refractivity contribution < 1.29 is 18.5 Å². The summed E-state index contributed by atoms with van der Waals surface area (Å²) in [6, 6.07) is 5.58. The Kier molecular flexibility index (Phi) is 3.71. The molecule has 7 nitrogen and oxygen atoms in total. The van der Waals surface area contributed by atoms with Crippen molar-refractivity contribution >= 4 is 16.9 Å². The fourth-order valence-corrected chi connectivity index (χ4v) is 3.31. The second kappa shape index (κ2) is 5.91. The third-order valence-electron chi connectivity index (χ3n) is 4.71. The second-order valence-corrected chi connectivity index (χ2v) is 6.33. The summed E-state index contributed by atoms with van der Waals surface area (Å²) in [5.41, 5.74) is 1.50. The van der Waals surface area contributed by atoms with E-state index in [1.807, 2.05) is 19.1 Å². The number of ether oxygens (including phenoxy) is 1. The van der Waals surface area contributed by atoms with Gasteiger partial charge in [0.05, 0.1) is 13.0 Å². The summed E-state index contributed by atoms with van der Waals surface area (Å²) in [6.07, 6.45) is 0.806. The Morgan fingerprint density at radius 1 is 1.36 bits per heavy atom. The SMILES string of the molecule is COc1ccc2c(C)c(C(=O)N3CC[C@@H](c4nc(C)no4)C3)oc2c1. The van der Waals surface area contributed by atoms with E-state index < -0.39 is 0 Å². The van der Waals surface area contributed by atoms with E-state index in [9.17, 15) is 4.79 Å². The molecule has 3 heterocycles. The summed E-state index contributed by atoms with van der Waals surface area (Å²) >= 11 is 0. The second-order valence-electron chi connectivity index (χ2n) is 6.33. The highest BCUT2D eigenvalue weighted by Gasteiger charge is 2.33. The molecular formula is C18H19N3O4. The molecule has 1 atom stereocenters. The number of rotatable bonds is 3. The molecule has 0 spiro atoms. The molecule has 0 unspecified atom stereocenters. The molecule has 7 heteroatoms. The molecule has 1 fully saturated rings. The number of hydrogen-bond donors (Lipinski definition) is 0. The van der Waals surface area contributed by atoms with Crippen molar-refractivity contribution in [3.8, 4) is 5.75 Å². The molecule has 1 aliphatic heterocycles. The van der Waals surface area contributed by atoms with E-state index in [1.165, 1.54) is 0 Å². The normalized spacial score (nSPS) is 17.4. The molecule has 1 amide bonds. The number of amides is 1. The van der Waals surface area contributed by atoms with Gasteiger partial charge in [0.2, 0.25) is 5.89 Å². The van der Waals surface area contributed by atoms with E-state index in [1.54, 1.807) is 25.0 Å². The Morgan fingerprint density at radius 2 is 2.20 bits per heavy atom. The van der Waals surface area contributed by atoms with Crippen LogP contribution in [0.4, 0.5) is 0 Å². The van der Waals surface area contributed by atoms with Crippen molar-refractivity contribution in [2.75, 3.05) is 20.2 Å². The van der Waals surface area contributed by atoms with Gasteiger partial charge in [-0.05, 0) is 32.4 Å². The number of benzene rings is 1. The summed E-state index contributed by atoms with van der Waals surface area (Å²) in [5.74, 6) is 2.26. The zero-order valence-corrected chi connectivity index (χ0v) is 14.4. The van der Waals surface area contributed by atoms with Gasteiger partial charge in [-0.25, -0.2) is 0 Å². The summed E-state index contributed by atoms with van der Waals surface area (Å²) in [6.45, 7) is 4.89. The van der Waals surface area contributed by atoms with Crippen LogP contribution in [0.25, 0.3) is 11.0 Å². The van der Waals surface area contributed by atoms with E-state index in [-0.39, 0.29) is 11.8 Å². The highest BCUT2D eigenvalue weighted by atomic mass is 16.5. The Morgan fingerprint density at radius 3 is 2.92 bits per heavy atom. The van der Waals surface area contributed by atoms with Gasteiger partial charge >= 0.3 is 0 Å². The van der Waals surface area contributed by atoms with Crippen molar-refractivity contribution in [3.05, 3.63) is 41.2 Å². The quantitative estimate of drug-likeness (QED) is 0.728. The molecule has 0 bridgehead atoms. The zero-order chi connectivity index (χ0) is 17.6. The van der Waals surface area contributed by atoms with Crippen molar-refractivity contribution in [1.29, 1.82) is 0 Å². The Balaban J connectivity index is 1.59. The lowest BCUT2D eigenvalue weighted by Crippen LogP contribution is -2.28. The first-order valence-electron chi connectivity index (χ1n) is 8.23. The van der Waals surface area contributed by atoms with Crippen LogP contribution in [0.15, 0.2) is 27.1 Å². The van der Waals surface area contributed by atoms with E-state index in [4.69, 9.17) is 13.7 Å². The summed E-state index contributed by atoms with van der Waals surface area (Å²) in [4.78, 5) is 19.0. The Hall–Kier alpha value is -2.83. The van der Waals surface area contributed by atoms with Crippen LogP contribution in [0.3, 0.4) is 0 Å². The average molecular weight is 341 g/mol. The summed E-state index contributed by atoms with van der Waals surface area (Å²) in [7, 11) is 1.60. The fourth-order valence-electron chi connectivity index (χ4n) is 3.31. The molecule has 0 saturated carbocycles. The average Bonchev–Trinajstić information content (AvgIpc) is 3.33. The van der Waals surface area contributed by atoms with Gasteiger partial charge in [-0.3, -0.25) is 4.79 Å². The number of furan rings is 1. The number of nitrogens with zero attached hydrogens (tertiary/aromatic N) is 3. The molecule has 0 aliphatic carbocycles. The van der Waals surface area contributed by atoms with Crippen molar-refractivity contribution in [3.63, 3.8) is 0 Å². The van der Waals surface area contributed by atoms with E-state index in [0.29, 0.717) is 41.9 Å². The fraction of sp³-hybridized carbons (Fsp3) is 0.389. The minimum absolute atomic E-state index is 0.0786. The van der Waals surface area contributed by atoms with Crippen LogP contribution in [0.1, 0.15) is 40.2 Å². The topological polar surface area (TPSA) is 81.6 Å². The van der Waals surface area contributed by atoms with Crippen LogP contribution in [0, 0.1) is 13.8 Å². The molecule has 1 saturated heterocycles. The monoisotopic (exact) mass is 341 g/mol. The first-order chi connectivity index (χ1) is 12.1. The van der Waals surface area contributed by atoms with Crippen LogP contribution in [0.5, 0.6) is 5.75 Å². The number of carbonyl (C=O) groups excluding carboxylic acids is 1. The van der Waals surface area contributed by atoms with Gasteiger partial charge in [-0.1, -0.05) is 5.16 Å². The predicted molar refractivity (Wildman–Crippen MR) is 89.8 cm³/mol. The number of fused-ring (bicyclic) bond motifs is 1. The highest BCUT2D eigenvalue weighted by Crippen LogP contribution is 2.32. The van der Waals surface area contributed by atoms with Crippen molar-refractivity contribution in [2.45, 2.75) is 26.2 Å². The third kappa shape index (κ3) is 2.65. The van der Waals surface area contributed by atoms with Crippen LogP contribution in [0.2, 0.25) is 0 Å². The molecule has 25 heavy (non-hydrogen) atoms. The highest BCUT2D eigenvalue weighted by molar-refractivity contribution is 5.99. The number of aryl methyl sites for hydroxylation is 2. The third-order valence-corrected chi connectivity index (χ3v) is 4.71. The van der Waals surface area contributed by atoms with Gasteiger partial charge in [0.1, 0.15) is 11.3 Å². The largest absolute Gasteiger partial charge is 0.497 e. The van der Waals surface area contributed by atoms with Crippen molar-refractivity contribution in [1.82, 2.24) is 15.0 Å². The Bertz CT molecular complexity index is 943. The number of likely N-dealkylation sites (tertiary alicyclic amines) is 1. The van der Waals surface area contributed by atoms with E-state index in [0.717, 1.165) is 17.4 Å². The first kappa shape index (κ1) is 15.7. The molecule has 3 aromatic rings. The molecule has 1 aromatic carbocycles. The van der Waals surface area contributed by atoms with Gasteiger partial charge < -0.3 is 18.6 Å². The van der Waals surface area contributed by atoms with Crippen LogP contribution >= 0.6 is 0 Å². The maximum absolute atomic E-state index is 12.9. The van der Waals surface area contributed by atoms with Gasteiger partial charge in [-0.2, -0.15) is 4.98 Å². The van der Waals surface area contributed by atoms with Crippen LogP contribution in [-0.4, -0.2) is 41.1 Å². The minimum Gasteiger partial charge on any atom is -0.497 e. The molecule has 4 rings (SSSR count). The molecule has 0 N–H and O–H groups in total. The lowest BCUT2D eigenvalue weighted by molar-refractivity contribution is 0.0759. The van der Waals surface area contributed by atoms with Crippen molar-refractivity contribution in [2.24, 2.45) is 0 Å². The lowest BCUT2D eigenvalue weighted by atomic mass is 10.1. The number of methoxy groups -OCH3 is 1. The first-order valence-corrected chi connectivity index (χ1v) is 8.23. The predicted octanol–water partition coefficient (Wildman–Crippen LogP) is 3.07. The summed E-state index contributed by atoms with van der Waals surface area (Å²) < 4.78 is 16.3. The Labute approximate surface area is 144 Å².